The molecule has 2 aliphatic rings. The summed E-state index contributed by atoms with van der Waals surface area (Å²) in [6, 6.07) is 2.29. The van der Waals surface area contributed by atoms with Crippen LogP contribution in [0.5, 0.6) is 0 Å². The zero-order chi connectivity index (χ0) is 9.92. The Bertz CT molecular complexity index is 419. The van der Waals surface area contributed by atoms with Gasteiger partial charge in [-0.15, -0.1) is 0 Å². The van der Waals surface area contributed by atoms with Crippen molar-refractivity contribution in [1.82, 2.24) is 0 Å². The van der Waals surface area contributed by atoms with E-state index in [2.05, 4.69) is 5.32 Å². The van der Waals surface area contributed by atoms with E-state index in [1.165, 1.54) is 6.07 Å². The van der Waals surface area contributed by atoms with Crippen LogP contribution in [0.25, 0.3) is 0 Å². The van der Waals surface area contributed by atoms with Gasteiger partial charge in [-0.3, -0.25) is 0 Å². The van der Waals surface area contributed by atoms with Crippen molar-refractivity contribution >= 4 is 5.69 Å². The van der Waals surface area contributed by atoms with Gasteiger partial charge in [0.05, 0.1) is 5.69 Å². The van der Waals surface area contributed by atoms with Crippen molar-refractivity contribution in [2.45, 2.75) is 17.9 Å². The minimum atomic E-state index is -0.391. The number of nitrogens with one attached hydrogen (secondary N) is 1. The molecule has 0 bridgehead atoms. The van der Waals surface area contributed by atoms with Crippen LogP contribution in [0.4, 0.5) is 14.5 Å². The Morgan fingerprint density at radius 1 is 1.36 bits per heavy atom. The highest BCUT2D eigenvalue weighted by atomic mass is 19.1. The first-order valence-electron chi connectivity index (χ1n) is 4.63. The second-order valence-electron chi connectivity index (χ2n) is 4.10. The van der Waals surface area contributed by atoms with Crippen molar-refractivity contribution in [3.8, 4) is 0 Å². The second-order valence-corrected chi connectivity index (χ2v) is 4.10. The van der Waals surface area contributed by atoms with Crippen LogP contribution >= 0.6 is 0 Å². The molecule has 14 heavy (non-hydrogen) atoms. The Morgan fingerprint density at radius 3 is 2.64 bits per heavy atom. The number of halogens is 2. The van der Waals surface area contributed by atoms with E-state index in [0.717, 1.165) is 12.5 Å². The van der Waals surface area contributed by atoms with Crippen LogP contribution in [0.2, 0.25) is 0 Å². The number of rotatable bonds is 0. The third-order valence-electron chi connectivity index (χ3n) is 3.32. The van der Waals surface area contributed by atoms with E-state index in [0.29, 0.717) is 17.8 Å². The molecule has 2 nitrogen and oxygen atoms in total. The van der Waals surface area contributed by atoms with Gasteiger partial charge in [-0.1, -0.05) is 0 Å². The van der Waals surface area contributed by atoms with Crippen molar-refractivity contribution < 1.29 is 8.78 Å². The third-order valence-corrected chi connectivity index (χ3v) is 3.32. The first-order chi connectivity index (χ1) is 6.65. The van der Waals surface area contributed by atoms with Crippen molar-refractivity contribution in [3.05, 3.63) is 29.3 Å². The fraction of sp³-hybridized carbons (Fsp3) is 0.400. The molecule has 1 aromatic carbocycles. The van der Waals surface area contributed by atoms with E-state index in [1.807, 2.05) is 0 Å². The maximum atomic E-state index is 13.5. The quantitative estimate of drug-likeness (QED) is 0.657. The maximum absolute atomic E-state index is 13.5. The molecule has 1 aliphatic carbocycles. The molecule has 2 unspecified atom stereocenters. The van der Waals surface area contributed by atoms with Crippen LogP contribution < -0.4 is 11.1 Å². The standard InChI is InChI=1S/C10H10F2N2/c11-5-1-2-6(12)9-8(5)10(4-14-9)3-7(10)13/h1-2,7,14H,3-4,13H2. The molecule has 1 fully saturated rings. The molecule has 1 aliphatic heterocycles. The highest BCUT2D eigenvalue weighted by Crippen LogP contribution is 2.54. The molecular formula is C10H10F2N2. The Labute approximate surface area is 80.1 Å². The zero-order valence-corrected chi connectivity index (χ0v) is 7.48. The molecular weight excluding hydrogens is 186 g/mol. The van der Waals surface area contributed by atoms with Crippen LogP contribution in [0.1, 0.15) is 12.0 Å². The lowest BCUT2D eigenvalue weighted by molar-refractivity contribution is 0.574. The van der Waals surface area contributed by atoms with Crippen molar-refractivity contribution in [1.29, 1.82) is 0 Å². The predicted molar refractivity (Wildman–Crippen MR) is 49.1 cm³/mol. The van der Waals surface area contributed by atoms with E-state index >= 15 is 0 Å². The highest BCUT2D eigenvalue weighted by Gasteiger charge is 2.58. The van der Waals surface area contributed by atoms with Gasteiger partial charge in [-0.2, -0.15) is 0 Å². The van der Waals surface area contributed by atoms with Gasteiger partial charge in [0, 0.05) is 23.6 Å². The summed E-state index contributed by atoms with van der Waals surface area (Å²) in [5.74, 6) is -0.739. The SMILES string of the molecule is NC1CC12CNc1c(F)ccc(F)c12. The Morgan fingerprint density at radius 2 is 2.00 bits per heavy atom. The molecule has 1 saturated carbocycles. The molecule has 1 spiro atoms. The minimum absolute atomic E-state index is 0.0347. The normalized spacial score (nSPS) is 32.9. The molecule has 74 valence electrons. The average molecular weight is 196 g/mol. The molecule has 2 atom stereocenters. The van der Waals surface area contributed by atoms with Gasteiger partial charge < -0.3 is 11.1 Å². The Hall–Kier alpha value is -1.16. The van der Waals surface area contributed by atoms with Crippen molar-refractivity contribution in [2.24, 2.45) is 5.73 Å². The van der Waals surface area contributed by atoms with Gasteiger partial charge in [0.15, 0.2) is 0 Å². The Kier molecular flexibility index (Phi) is 1.32. The van der Waals surface area contributed by atoms with Gasteiger partial charge in [0.1, 0.15) is 11.6 Å². The molecule has 0 radical (unpaired) electrons. The molecule has 0 aromatic heterocycles. The predicted octanol–water partition coefficient (Wildman–Crippen LogP) is 1.36. The van der Waals surface area contributed by atoms with E-state index in [4.69, 9.17) is 5.73 Å². The summed E-state index contributed by atoms with van der Waals surface area (Å²) in [6.07, 6.45) is 0.743. The molecule has 3 rings (SSSR count). The van der Waals surface area contributed by atoms with Gasteiger partial charge >= 0.3 is 0 Å². The van der Waals surface area contributed by atoms with Gasteiger partial charge in [-0.25, -0.2) is 8.78 Å². The van der Waals surface area contributed by atoms with Crippen LogP contribution in [0, 0.1) is 11.6 Å². The zero-order valence-electron chi connectivity index (χ0n) is 7.48. The number of fused-ring (bicyclic) bond motifs is 2. The fourth-order valence-electron chi connectivity index (χ4n) is 2.37. The lowest BCUT2D eigenvalue weighted by Crippen LogP contribution is -2.21. The Balaban J connectivity index is 2.24. The summed E-state index contributed by atoms with van der Waals surface area (Å²) >= 11 is 0. The monoisotopic (exact) mass is 196 g/mol. The summed E-state index contributed by atoms with van der Waals surface area (Å²) in [6.45, 7) is 0.557. The lowest BCUT2D eigenvalue weighted by atomic mass is 9.97. The van der Waals surface area contributed by atoms with Gasteiger partial charge in [0.25, 0.3) is 0 Å². The van der Waals surface area contributed by atoms with Crippen molar-refractivity contribution in [2.75, 3.05) is 11.9 Å². The van der Waals surface area contributed by atoms with E-state index in [-0.39, 0.29) is 17.3 Å². The molecule has 3 N–H and O–H groups in total. The van der Waals surface area contributed by atoms with Crippen LogP contribution in [-0.2, 0) is 5.41 Å². The molecule has 4 heteroatoms. The first-order valence-corrected chi connectivity index (χ1v) is 4.63. The number of hydrogen-bond acceptors (Lipinski definition) is 2. The minimum Gasteiger partial charge on any atom is -0.381 e. The summed E-state index contributed by atoms with van der Waals surface area (Å²) < 4.78 is 26.8. The molecule has 1 heterocycles. The number of anilines is 1. The second kappa shape index (κ2) is 2.25. The van der Waals surface area contributed by atoms with Crippen LogP contribution in [0.3, 0.4) is 0 Å². The number of benzene rings is 1. The molecule has 1 aromatic rings. The van der Waals surface area contributed by atoms with Crippen LogP contribution in [-0.4, -0.2) is 12.6 Å². The van der Waals surface area contributed by atoms with E-state index < -0.39 is 5.82 Å². The topological polar surface area (TPSA) is 38.0 Å². The maximum Gasteiger partial charge on any atom is 0.146 e. The van der Waals surface area contributed by atoms with Crippen molar-refractivity contribution in [3.63, 3.8) is 0 Å². The summed E-state index contributed by atoms with van der Waals surface area (Å²) in [5.41, 5.74) is 6.19. The number of nitrogens with two attached hydrogens (primary N) is 1. The largest absolute Gasteiger partial charge is 0.381 e. The average Bonchev–Trinajstić information content (AvgIpc) is 2.60. The smallest absolute Gasteiger partial charge is 0.146 e. The highest BCUT2D eigenvalue weighted by molar-refractivity contribution is 5.65. The number of hydrogen-bond donors (Lipinski definition) is 2. The molecule has 0 amide bonds. The fourth-order valence-corrected chi connectivity index (χ4v) is 2.37. The van der Waals surface area contributed by atoms with E-state index in [9.17, 15) is 8.78 Å². The van der Waals surface area contributed by atoms with Gasteiger partial charge in [0.2, 0.25) is 0 Å². The first kappa shape index (κ1) is 8.17. The summed E-state index contributed by atoms with van der Waals surface area (Å²) in [5, 5.41) is 2.90. The van der Waals surface area contributed by atoms with Crippen LogP contribution in [0.15, 0.2) is 12.1 Å². The summed E-state index contributed by atoms with van der Waals surface area (Å²) in [7, 11) is 0. The lowest BCUT2D eigenvalue weighted by Gasteiger charge is -2.08. The molecule has 0 saturated heterocycles. The summed E-state index contributed by atoms with van der Waals surface area (Å²) in [4.78, 5) is 0. The van der Waals surface area contributed by atoms with Gasteiger partial charge in [-0.05, 0) is 18.6 Å². The van der Waals surface area contributed by atoms with E-state index in [1.54, 1.807) is 0 Å². The third kappa shape index (κ3) is 0.773.